The van der Waals surface area contributed by atoms with Gasteiger partial charge in [-0.3, -0.25) is 4.57 Å². The van der Waals surface area contributed by atoms with E-state index in [1.807, 2.05) is 12.1 Å². The Morgan fingerprint density at radius 2 is 0.857 bits per heavy atom. The lowest BCUT2D eigenvalue weighted by atomic mass is 10.1. The van der Waals surface area contributed by atoms with Gasteiger partial charge in [-0.1, -0.05) is 72.8 Å². The Kier molecular flexibility index (Phi) is 4.15. The van der Waals surface area contributed by atoms with Crippen molar-refractivity contribution in [2.45, 2.75) is 0 Å². The van der Waals surface area contributed by atoms with Crippen molar-refractivity contribution in [1.82, 2.24) is 9.13 Å². The molecule has 0 atom stereocenters. The van der Waals surface area contributed by atoms with Crippen LogP contribution in [0.1, 0.15) is 0 Å². The molecule has 10 aromatic rings. The maximum atomic E-state index is 6.58. The predicted octanol–water partition coefficient (Wildman–Crippen LogP) is 10.5. The molecule has 0 saturated carbocycles. The number of aromatic nitrogens is 2. The van der Waals surface area contributed by atoms with Gasteiger partial charge in [0.15, 0.2) is 0 Å². The standard InChI is InChI=1S/C38H22N2O2/c1-5-13-31-25(9-1)26-10-2-6-14-32(26)39(31)23-17-19-27-28-20-18-24(22-36(28)41-35(27)21-23)40-33-15-7-3-11-29(33)37-30-12-4-8-16-34(30)42-38(37)40/h1-22H. The average molecular weight is 539 g/mol. The predicted molar refractivity (Wildman–Crippen MR) is 172 cm³/mol. The molecule has 0 aliphatic carbocycles. The van der Waals surface area contributed by atoms with Gasteiger partial charge in [0.25, 0.3) is 0 Å². The highest BCUT2D eigenvalue weighted by atomic mass is 16.3. The van der Waals surface area contributed by atoms with E-state index in [2.05, 4.69) is 130 Å². The number of furan rings is 2. The van der Waals surface area contributed by atoms with Gasteiger partial charge in [-0.05, 0) is 48.5 Å². The van der Waals surface area contributed by atoms with Gasteiger partial charge in [0, 0.05) is 50.1 Å². The summed E-state index contributed by atoms with van der Waals surface area (Å²) in [6, 6.07) is 46.9. The van der Waals surface area contributed by atoms with Crippen LogP contribution in [0.15, 0.2) is 142 Å². The van der Waals surface area contributed by atoms with Crippen molar-refractivity contribution in [3.05, 3.63) is 133 Å². The molecule has 4 nitrogen and oxygen atoms in total. The Labute approximate surface area is 239 Å². The third-order valence-electron chi connectivity index (χ3n) is 8.73. The topological polar surface area (TPSA) is 36.1 Å². The number of rotatable bonds is 2. The molecule has 0 radical (unpaired) electrons. The molecule has 42 heavy (non-hydrogen) atoms. The third kappa shape index (κ3) is 2.80. The SMILES string of the molecule is c1ccc2c(c1)oc1c2c2ccccc2n1-c1ccc2c(c1)oc1cc(-n3c4ccccc4c4ccccc43)ccc12. The quantitative estimate of drug-likeness (QED) is 0.219. The van der Waals surface area contributed by atoms with Gasteiger partial charge in [-0.2, -0.15) is 0 Å². The van der Waals surface area contributed by atoms with Crippen LogP contribution in [0.5, 0.6) is 0 Å². The molecule has 10 rings (SSSR count). The maximum absolute atomic E-state index is 6.58. The number of nitrogens with zero attached hydrogens (tertiary/aromatic N) is 2. The van der Waals surface area contributed by atoms with Crippen LogP contribution in [-0.2, 0) is 0 Å². The van der Waals surface area contributed by atoms with Crippen LogP contribution in [0.2, 0.25) is 0 Å². The maximum Gasteiger partial charge on any atom is 0.213 e. The fraction of sp³-hybridized carbons (Fsp3) is 0. The summed E-state index contributed by atoms with van der Waals surface area (Å²) in [6.45, 7) is 0. The van der Waals surface area contributed by atoms with E-state index in [1.54, 1.807) is 0 Å². The molecule has 4 heterocycles. The van der Waals surface area contributed by atoms with E-state index in [4.69, 9.17) is 8.83 Å². The van der Waals surface area contributed by atoms with Gasteiger partial charge in [0.1, 0.15) is 16.7 Å². The molecule has 0 spiro atoms. The lowest BCUT2D eigenvalue weighted by molar-refractivity contribution is 0.645. The van der Waals surface area contributed by atoms with E-state index >= 15 is 0 Å². The van der Waals surface area contributed by atoms with Crippen molar-refractivity contribution in [3.8, 4) is 11.4 Å². The lowest BCUT2D eigenvalue weighted by Crippen LogP contribution is -1.93. The molecule has 0 fully saturated rings. The molecule has 0 saturated heterocycles. The number of hydrogen-bond acceptors (Lipinski definition) is 2. The summed E-state index contributed by atoms with van der Waals surface area (Å²) in [5.41, 5.74) is 9.04. The van der Waals surface area contributed by atoms with Gasteiger partial charge in [0.05, 0.1) is 27.6 Å². The summed E-state index contributed by atoms with van der Waals surface area (Å²) < 4.78 is 17.6. The second kappa shape index (κ2) is 7.93. The highest BCUT2D eigenvalue weighted by molar-refractivity contribution is 6.20. The van der Waals surface area contributed by atoms with E-state index in [-0.39, 0.29) is 0 Å². The van der Waals surface area contributed by atoms with Crippen LogP contribution in [0.3, 0.4) is 0 Å². The summed E-state index contributed by atoms with van der Waals surface area (Å²) >= 11 is 0. The zero-order chi connectivity index (χ0) is 27.4. The summed E-state index contributed by atoms with van der Waals surface area (Å²) in [6.07, 6.45) is 0. The summed E-state index contributed by atoms with van der Waals surface area (Å²) in [5, 5.41) is 8.15. The lowest BCUT2D eigenvalue weighted by Gasteiger charge is -2.07. The van der Waals surface area contributed by atoms with Crippen LogP contribution in [0, 0.1) is 0 Å². The molecule has 196 valence electrons. The van der Waals surface area contributed by atoms with Gasteiger partial charge < -0.3 is 13.4 Å². The minimum atomic E-state index is 0.849. The van der Waals surface area contributed by atoms with Gasteiger partial charge in [-0.25, -0.2) is 0 Å². The number of fused-ring (bicyclic) bond motifs is 11. The molecule has 0 aliphatic rings. The second-order valence-corrected chi connectivity index (χ2v) is 11.0. The minimum absolute atomic E-state index is 0.849. The molecular formula is C38H22N2O2. The highest BCUT2D eigenvalue weighted by Gasteiger charge is 2.20. The van der Waals surface area contributed by atoms with E-state index in [0.717, 1.165) is 60.9 Å². The zero-order valence-corrected chi connectivity index (χ0v) is 22.4. The largest absolute Gasteiger partial charge is 0.456 e. The Hall–Kier alpha value is -5.74. The fourth-order valence-electron chi connectivity index (χ4n) is 6.93. The van der Waals surface area contributed by atoms with Crippen LogP contribution >= 0.6 is 0 Å². The second-order valence-electron chi connectivity index (χ2n) is 11.0. The van der Waals surface area contributed by atoms with Crippen molar-refractivity contribution in [1.29, 1.82) is 0 Å². The van der Waals surface area contributed by atoms with Crippen LogP contribution in [-0.4, -0.2) is 9.13 Å². The number of para-hydroxylation sites is 4. The molecule has 0 bridgehead atoms. The number of benzene rings is 6. The molecule has 0 aliphatic heterocycles. The monoisotopic (exact) mass is 538 g/mol. The van der Waals surface area contributed by atoms with Gasteiger partial charge in [-0.15, -0.1) is 0 Å². The van der Waals surface area contributed by atoms with Crippen molar-refractivity contribution >= 4 is 76.7 Å². The highest BCUT2D eigenvalue weighted by Crippen LogP contribution is 2.40. The van der Waals surface area contributed by atoms with Crippen LogP contribution in [0.4, 0.5) is 0 Å². The summed E-state index contributed by atoms with van der Waals surface area (Å²) in [7, 11) is 0. The first-order valence-electron chi connectivity index (χ1n) is 14.2. The zero-order valence-electron chi connectivity index (χ0n) is 22.4. The van der Waals surface area contributed by atoms with Crippen molar-refractivity contribution in [3.63, 3.8) is 0 Å². The van der Waals surface area contributed by atoms with Crippen molar-refractivity contribution in [2.75, 3.05) is 0 Å². The Bertz CT molecular complexity index is 2640. The fourth-order valence-corrected chi connectivity index (χ4v) is 6.93. The summed E-state index contributed by atoms with van der Waals surface area (Å²) in [5.74, 6) is 0. The smallest absolute Gasteiger partial charge is 0.213 e. The van der Waals surface area contributed by atoms with Crippen molar-refractivity contribution in [2.24, 2.45) is 0 Å². The Morgan fingerprint density at radius 3 is 1.50 bits per heavy atom. The van der Waals surface area contributed by atoms with Crippen LogP contribution in [0.25, 0.3) is 88.1 Å². The summed E-state index contributed by atoms with van der Waals surface area (Å²) in [4.78, 5) is 0. The van der Waals surface area contributed by atoms with Crippen LogP contribution < -0.4 is 0 Å². The normalized spacial score (nSPS) is 12.3. The average Bonchev–Trinajstić information content (AvgIpc) is 3.77. The van der Waals surface area contributed by atoms with Gasteiger partial charge in [0.2, 0.25) is 5.71 Å². The Balaban J connectivity index is 1.20. The van der Waals surface area contributed by atoms with E-state index in [9.17, 15) is 0 Å². The number of hydrogen-bond donors (Lipinski definition) is 0. The first-order chi connectivity index (χ1) is 20.8. The van der Waals surface area contributed by atoms with E-state index in [0.29, 0.717) is 0 Å². The Morgan fingerprint density at radius 1 is 0.357 bits per heavy atom. The van der Waals surface area contributed by atoms with E-state index < -0.39 is 0 Å². The molecule has 0 amide bonds. The molecular weight excluding hydrogens is 516 g/mol. The molecule has 0 unspecified atom stereocenters. The minimum Gasteiger partial charge on any atom is -0.456 e. The van der Waals surface area contributed by atoms with Crippen molar-refractivity contribution < 1.29 is 8.83 Å². The molecule has 4 heteroatoms. The first kappa shape index (κ1) is 22.0. The third-order valence-corrected chi connectivity index (χ3v) is 8.73. The first-order valence-corrected chi connectivity index (χ1v) is 14.2. The molecule has 6 aromatic carbocycles. The molecule has 0 N–H and O–H groups in total. The van der Waals surface area contributed by atoms with E-state index in [1.165, 1.54) is 27.2 Å². The molecule has 4 aromatic heterocycles. The van der Waals surface area contributed by atoms with Gasteiger partial charge >= 0.3 is 0 Å².